The van der Waals surface area contributed by atoms with Crippen molar-refractivity contribution in [2.45, 2.75) is 49.4 Å². The van der Waals surface area contributed by atoms with E-state index in [0.29, 0.717) is 17.7 Å². The number of para-hydroxylation sites is 1. The van der Waals surface area contributed by atoms with Gasteiger partial charge in [0.25, 0.3) is 5.91 Å². The lowest BCUT2D eigenvalue weighted by Crippen LogP contribution is -2.47. The van der Waals surface area contributed by atoms with Gasteiger partial charge in [-0.15, -0.1) is 0 Å². The van der Waals surface area contributed by atoms with Crippen LogP contribution < -0.4 is 4.74 Å². The van der Waals surface area contributed by atoms with Gasteiger partial charge in [-0.3, -0.25) is 4.79 Å². The molecule has 1 aromatic carbocycles. The van der Waals surface area contributed by atoms with Crippen LogP contribution in [0, 0.1) is 11.8 Å². The Morgan fingerprint density at radius 1 is 1.21 bits per heavy atom. The number of amidine groups is 1. The van der Waals surface area contributed by atoms with E-state index in [1.54, 1.807) is 7.11 Å². The van der Waals surface area contributed by atoms with Gasteiger partial charge in [0, 0.05) is 16.9 Å². The summed E-state index contributed by atoms with van der Waals surface area (Å²) in [5.74, 6) is 2.23. The van der Waals surface area contributed by atoms with Gasteiger partial charge in [0.1, 0.15) is 5.75 Å². The van der Waals surface area contributed by atoms with E-state index in [0.717, 1.165) is 23.1 Å². The van der Waals surface area contributed by atoms with Crippen LogP contribution in [0.15, 0.2) is 29.3 Å². The number of ether oxygens (including phenoxy) is 1. The van der Waals surface area contributed by atoms with Crippen LogP contribution >= 0.6 is 11.8 Å². The zero-order valence-corrected chi connectivity index (χ0v) is 18.1. The second-order valence-electron chi connectivity index (χ2n) is 8.73. The molecule has 0 aromatic heterocycles. The first-order valence-electron chi connectivity index (χ1n) is 10.3. The van der Waals surface area contributed by atoms with E-state index in [2.05, 4.69) is 9.89 Å². The Kier molecular flexibility index (Phi) is 4.89. The summed E-state index contributed by atoms with van der Waals surface area (Å²) in [6.45, 7) is 0. The van der Waals surface area contributed by atoms with Gasteiger partial charge in [0.15, 0.2) is 15.0 Å². The fraction of sp³-hybridized carbons (Fsp3) is 0.619. The zero-order valence-electron chi connectivity index (χ0n) is 16.5. The van der Waals surface area contributed by atoms with E-state index in [1.807, 2.05) is 24.3 Å². The molecule has 2 bridgehead atoms. The molecule has 2 saturated heterocycles. The summed E-state index contributed by atoms with van der Waals surface area (Å²) in [5.41, 5.74) is 0.821. The summed E-state index contributed by atoms with van der Waals surface area (Å²) >= 11 is 1.50. The molecule has 2 aliphatic heterocycles. The number of methoxy groups -OCH3 is 1. The van der Waals surface area contributed by atoms with Crippen LogP contribution in [0.3, 0.4) is 0 Å². The number of amides is 1. The van der Waals surface area contributed by atoms with Crippen LogP contribution in [0.4, 0.5) is 0 Å². The maximum atomic E-state index is 12.8. The molecular formula is C21H26N2O4S2. The van der Waals surface area contributed by atoms with Crippen LogP contribution in [0.5, 0.6) is 5.75 Å². The predicted molar refractivity (Wildman–Crippen MR) is 114 cm³/mol. The lowest BCUT2D eigenvalue weighted by atomic mass is 9.93. The number of carbonyl (C=O) groups excluding carboxylic acids is 1. The number of benzene rings is 1. The number of rotatable bonds is 4. The van der Waals surface area contributed by atoms with E-state index in [1.165, 1.54) is 31.0 Å². The number of nitrogens with zero attached hydrogens (tertiary/aromatic N) is 2. The van der Waals surface area contributed by atoms with Crippen molar-refractivity contribution in [3.63, 3.8) is 0 Å². The van der Waals surface area contributed by atoms with E-state index in [9.17, 15) is 13.2 Å². The average molecular weight is 435 g/mol. The topological polar surface area (TPSA) is 76.0 Å². The highest BCUT2D eigenvalue weighted by Gasteiger charge is 2.54. The molecule has 0 radical (unpaired) electrons. The molecule has 2 saturated carbocycles. The molecule has 29 heavy (non-hydrogen) atoms. The fourth-order valence-corrected chi connectivity index (χ4v) is 9.68. The number of sulfone groups is 1. The van der Waals surface area contributed by atoms with E-state index in [4.69, 9.17) is 4.74 Å². The molecule has 2 aliphatic carbocycles. The number of hydrogen-bond acceptors (Lipinski definition) is 5. The van der Waals surface area contributed by atoms with Gasteiger partial charge in [-0.2, -0.15) is 4.99 Å². The quantitative estimate of drug-likeness (QED) is 0.725. The molecule has 0 unspecified atom stereocenters. The Labute approximate surface area is 176 Å². The number of thioether (sulfide) groups is 1. The van der Waals surface area contributed by atoms with Crippen molar-refractivity contribution in [1.82, 2.24) is 4.90 Å². The van der Waals surface area contributed by atoms with Gasteiger partial charge < -0.3 is 9.64 Å². The monoisotopic (exact) mass is 434 g/mol. The standard InChI is InChI=1S/C21H26N2O4S2/c1-27-18-5-3-2-4-15(18)10-20(24)22-21-23(16-9-13-6-7-14(16)8-13)17-11-29(25,26)12-19(17)28-21/h2-5,13-14,16-17,19H,6-12H2,1H3/t13-,14-,16+,17+,19+/m0/s1. The molecule has 4 aliphatic rings. The highest BCUT2D eigenvalue weighted by Crippen LogP contribution is 2.51. The van der Waals surface area contributed by atoms with Crippen molar-refractivity contribution >= 4 is 32.7 Å². The third kappa shape index (κ3) is 3.58. The Hall–Kier alpha value is -1.54. The SMILES string of the molecule is COc1ccccc1CC(=O)N=C1S[C@@H]2CS(=O)(=O)C[C@H]2N1[C@@H]1C[C@H]2CC[C@H]1C2. The fourth-order valence-electron chi connectivity index (χ4n) is 5.69. The van der Waals surface area contributed by atoms with Crippen LogP contribution in [0.1, 0.15) is 31.2 Å². The first-order valence-corrected chi connectivity index (χ1v) is 13.0. The minimum Gasteiger partial charge on any atom is -0.496 e. The third-order valence-corrected chi connectivity index (χ3v) is 10.1. The Balaban J connectivity index is 1.41. The maximum Gasteiger partial charge on any atom is 0.252 e. The number of fused-ring (bicyclic) bond motifs is 3. The summed E-state index contributed by atoms with van der Waals surface area (Å²) in [6, 6.07) is 7.79. The van der Waals surface area contributed by atoms with Gasteiger partial charge in [-0.1, -0.05) is 36.4 Å². The predicted octanol–water partition coefficient (Wildman–Crippen LogP) is 2.52. The maximum absolute atomic E-state index is 12.8. The van der Waals surface area contributed by atoms with E-state index in [-0.39, 0.29) is 35.1 Å². The number of aliphatic imine (C=N–C) groups is 1. The molecule has 2 heterocycles. The van der Waals surface area contributed by atoms with Crippen molar-refractivity contribution in [2.24, 2.45) is 16.8 Å². The van der Waals surface area contributed by atoms with Crippen molar-refractivity contribution < 1.29 is 17.9 Å². The highest BCUT2D eigenvalue weighted by atomic mass is 32.2. The molecule has 1 aromatic rings. The smallest absolute Gasteiger partial charge is 0.252 e. The Bertz CT molecular complexity index is 961. The molecule has 6 nitrogen and oxygen atoms in total. The second kappa shape index (κ2) is 7.30. The Morgan fingerprint density at radius 2 is 2.03 bits per heavy atom. The minimum absolute atomic E-state index is 0.00284. The third-order valence-electron chi connectivity index (χ3n) is 6.92. The molecule has 4 fully saturated rings. The van der Waals surface area contributed by atoms with Crippen molar-refractivity contribution in [3.8, 4) is 5.75 Å². The van der Waals surface area contributed by atoms with Gasteiger partial charge in [0.2, 0.25) is 0 Å². The summed E-state index contributed by atoms with van der Waals surface area (Å²) in [7, 11) is -1.41. The first-order chi connectivity index (χ1) is 13.9. The highest BCUT2D eigenvalue weighted by molar-refractivity contribution is 8.15. The molecule has 8 heteroatoms. The molecule has 0 N–H and O–H groups in total. The summed E-state index contributed by atoms with van der Waals surface area (Å²) in [4.78, 5) is 19.5. The minimum atomic E-state index is -3.01. The van der Waals surface area contributed by atoms with Crippen LogP contribution in [-0.2, 0) is 21.1 Å². The van der Waals surface area contributed by atoms with Crippen molar-refractivity contribution in [1.29, 1.82) is 0 Å². The van der Waals surface area contributed by atoms with Crippen molar-refractivity contribution in [2.75, 3.05) is 18.6 Å². The molecule has 5 atom stereocenters. The molecule has 1 amide bonds. The van der Waals surface area contributed by atoms with E-state index >= 15 is 0 Å². The second-order valence-corrected chi connectivity index (χ2v) is 12.1. The normalized spacial score (nSPS) is 36.0. The largest absolute Gasteiger partial charge is 0.496 e. The summed E-state index contributed by atoms with van der Waals surface area (Å²) in [6.07, 6.45) is 5.02. The molecular weight excluding hydrogens is 408 g/mol. The first kappa shape index (κ1) is 19.4. The lowest BCUT2D eigenvalue weighted by molar-refractivity contribution is -0.117. The van der Waals surface area contributed by atoms with Gasteiger partial charge in [0.05, 0.1) is 31.1 Å². The van der Waals surface area contributed by atoms with Crippen LogP contribution in [0.25, 0.3) is 0 Å². The van der Waals surface area contributed by atoms with Crippen LogP contribution in [0.2, 0.25) is 0 Å². The zero-order chi connectivity index (χ0) is 20.2. The average Bonchev–Trinajstić information content (AvgIpc) is 3.41. The van der Waals surface area contributed by atoms with E-state index < -0.39 is 9.84 Å². The molecule has 5 rings (SSSR count). The van der Waals surface area contributed by atoms with Crippen LogP contribution in [-0.4, -0.2) is 60.3 Å². The summed E-state index contributed by atoms with van der Waals surface area (Å²) in [5, 5.41) is 0.740. The van der Waals surface area contributed by atoms with Gasteiger partial charge in [-0.25, -0.2) is 8.42 Å². The van der Waals surface area contributed by atoms with Gasteiger partial charge >= 0.3 is 0 Å². The molecule has 156 valence electrons. The lowest BCUT2D eigenvalue weighted by Gasteiger charge is -2.36. The number of carbonyl (C=O) groups is 1. The van der Waals surface area contributed by atoms with Gasteiger partial charge in [-0.05, 0) is 37.2 Å². The number of hydrogen-bond donors (Lipinski definition) is 0. The molecule has 0 spiro atoms. The summed E-state index contributed by atoms with van der Waals surface area (Å²) < 4.78 is 29.8. The Morgan fingerprint density at radius 3 is 2.76 bits per heavy atom. The van der Waals surface area contributed by atoms with Crippen molar-refractivity contribution in [3.05, 3.63) is 29.8 Å².